The maximum absolute atomic E-state index is 9.86. The molecule has 1 unspecified atom stereocenters. The Hall–Kier alpha value is -1.67. The van der Waals surface area contributed by atoms with E-state index in [0.717, 1.165) is 29.7 Å². The Kier molecular flexibility index (Phi) is 7.97. The van der Waals surface area contributed by atoms with Gasteiger partial charge in [0, 0.05) is 11.8 Å². The fourth-order valence-corrected chi connectivity index (χ4v) is 2.96. The highest BCUT2D eigenvalue weighted by atomic mass is 16.3. The van der Waals surface area contributed by atoms with Gasteiger partial charge in [-0.2, -0.15) is 0 Å². The van der Waals surface area contributed by atoms with E-state index in [4.69, 9.17) is 0 Å². The Morgan fingerprint density at radius 3 is 2.21 bits per heavy atom. The van der Waals surface area contributed by atoms with E-state index < -0.39 is 0 Å². The van der Waals surface area contributed by atoms with Gasteiger partial charge in [0.05, 0.1) is 11.8 Å². The first kappa shape index (κ1) is 18.7. The van der Waals surface area contributed by atoms with Gasteiger partial charge in [0.2, 0.25) is 0 Å². The molecule has 0 radical (unpaired) electrons. The maximum atomic E-state index is 9.86. The number of aliphatic hydroxyl groups is 1. The lowest BCUT2D eigenvalue weighted by Gasteiger charge is -2.09. The Balaban J connectivity index is 1.85. The molecule has 0 aliphatic rings. The topological polar surface area (TPSA) is 33.1 Å². The van der Waals surface area contributed by atoms with Gasteiger partial charge in [-0.25, -0.2) is 0 Å². The van der Waals surface area contributed by atoms with Gasteiger partial charge in [-0.3, -0.25) is 4.98 Å². The van der Waals surface area contributed by atoms with Gasteiger partial charge < -0.3 is 5.11 Å². The Morgan fingerprint density at radius 1 is 0.875 bits per heavy atom. The zero-order valence-corrected chi connectivity index (χ0v) is 15.2. The molecule has 0 fully saturated rings. The summed E-state index contributed by atoms with van der Waals surface area (Å²) in [5, 5.41) is 9.86. The molecule has 0 bridgehead atoms. The van der Waals surface area contributed by atoms with Crippen LogP contribution >= 0.6 is 0 Å². The number of benzene rings is 1. The second-order valence-corrected chi connectivity index (χ2v) is 6.62. The number of aryl methyl sites for hydroxylation is 1. The number of hydrogen-bond donors (Lipinski definition) is 1. The van der Waals surface area contributed by atoms with E-state index in [1.807, 2.05) is 37.4 Å². The van der Waals surface area contributed by atoms with Crippen molar-refractivity contribution in [1.29, 1.82) is 0 Å². The van der Waals surface area contributed by atoms with Crippen molar-refractivity contribution >= 4 is 0 Å². The molecule has 1 aromatic carbocycles. The van der Waals surface area contributed by atoms with Crippen molar-refractivity contribution in [3.63, 3.8) is 0 Å². The molecule has 1 N–H and O–H groups in total. The average Bonchev–Trinajstić information content (AvgIpc) is 2.64. The first-order valence-corrected chi connectivity index (χ1v) is 9.48. The van der Waals surface area contributed by atoms with Crippen LogP contribution in [0.2, 0.25) is 0 Å². The highest BCUT2D eigenvalue weighted by Gasteiger charge is 2.05. The van der Waals surface area contributed by atoms with Crippen LogP contribution in [-0.2, 0) is 6.42 Å². The molecule has 0 aliphatic carbocycles. The number of nitrogens with zero attached hydrogens (tertiary/aromatic N) is 1. The lowest BCUT2D eigenvalue weighted by molar-refractivity contribution is 0.173. The molecule has 0 spiro atoms. The molecule has 2 heteroatoms. The smallest absolute Gasteiger partial charge is 0.0787 e. The van der Waals surface area contributed by atoms with E-state index >= 15 is 0 Å². The van der Waals surface area contributed by atoms with Crippen LogP contribution in [0.15, 0.2) is 42.6 Å². The Bertz CT molecular complexity index is 574. The molecule has 0 saturated carbocycles. The first-order chi connectivity index (χ1) is 11.7. The van der Waals surface area contributed by atoms with E-state index in [1.165, 1.54) is 44.1 Å². The zero-order chi connectivity index (χ0) is 17.2. The van der Waals surface area contributed by atoms with Crippen LogP contribution < -0.4 is 0 Å². The fourth-order valence-electron chi connectivity index (χ4n) is 2.96. The van der Waals surface area contributed by atoms with Crippen LogP contribution in [0.25, 0.3) is 11.3 Å². The van der Waals surface area contributed by atoms with E-state index in [9.17, 15) is 5.11 Å². The van der Waals surface area contributed by atoms with Gasteiger partial charge in [0.15, 0.2) is 0 Å². The summed E-state index contributed by atoms with van der Waals surface area (Å²) < 4.78 is 0. The third-order valence-electron chi connectivity index (χ3n) is 4.62. The normalized spacial score (nSPS) is 12.3. The molecule has 130 valence electrons. The van der Waals surface area contributed by atoms with Crippen molar-refractivity contribution in [3.8, 4) is 11.3 Å². The summed E-state index contributed by atoms with van der Waals surface area (Å²) in [6, 6.07) is 12.4. The number of aliphatic hydroxyl groups excluding tert-OH is 1. The maximum Gasteiger partial charge on any atom is 0.0787 e. The summed E-state index contributed by atoms with van der Waals surface area (Å²) in [7, 11) is 0. The molecule has 1 heterocycles. The van der Waals surface area contributed by atoms with Crippen molar-refractivity contribution in [2.75, 3.05) is 0 Å². The molecular weight excluding hydrogens is 294 g/mol. The largest absolute Gasteiger partial charge is 0.388 e. The zero-order valence-electron chi connectivity index (χ0n) is 15.2. The van der Waals surface area contributed by atoms with Gasteiger partial charge in [0.25, 0.3) is 0 Å². The van der Waals surface area contributed by atoms with Crippen molar-refractivity contribution in [2.24, 2.45) is 0 Å². The minimum atomic E-state index is -0.369. The number of unbranched alkanes of at least 4 members (excludes halogenated alkanes) is 5. The van der Waals surface area contributed by atoms with E-state index in [0.29, 0.717) is 0 Å². The van der Waals surface area contributed by atoms with Crippen LogP contribution in [0.1, 0.15) is 76.0 Å². The molecule has 0 amide bonds. The number of aromatic nitrogens is 1. The number of pyridine rings is 1. The summed E-state index contributed by atoms with van der Waals surface area (Å²) in [5.74, 6) is 0. The van der Waals surface area contributed by atoms with Crippen molar-refractivity contribution in [2.45, 2.75) is 71.3 Å². The third-order valence-corrected chi connectivity index (χ3v) is 4.62. The number of hydrogen-bond acceptors (Lipinski definition) is 2. The lowest BCUT2D eigenvalue weighted by atomic mass is 10.0. The Labute approximate surface area is 147 Å². The quantitative estimate of drug-likeness (QED) is 0.536. The molecule has 0 aliphatic heterocycles. The average molecular weight is 325 g/mol. The molecular formula is C22H31NO. The molecule has 1 aromatic heterocycles. The van der Waals surface area contributed by atoms with Crippen molar-refractivity contribution in [3.05, 3.63) is 53.7 Å². The summed E-state index contributed by atoms with van der Waals surface area (Å²) in [6.07, 6.45) is 11.5. The number of rotatable bonds is 10. The molecule has 2 rings (SSSR count). The molecule has 0 saturated heterocycles. The monoisotopic (exact) mass is 325 g/mol. The predicted molar refractivity (Wildman–Crippen MR) is 102 cm³/mol. The van der Waals surface area contributed by atoms with Gasteiger partial charge in [-0.05, 0) is 36.5 Å². The molecule has 2 aromatic rings. The van der Waals surface area contributed by atoms with Crippen molar-refractivity contribution in [1.82, 2.24) is 4.98 Å². The second-order valence-electron chi connectivity index (χ2n) is 6.62. The van der Waals surface area contributed by atoms with E-state index in [1.54, 1.807) is 0 Å². The van der Waals surface area contributed by atoms with Gasteiger partial charge >= 0.3 is 0 Å². The van der Waals surface area contributed by atoms with Crippen LogP contribution in [-0.4, -0.2) is 10.1 Å². The minimum absolute atomic E-state index is 0.369. The van der Waals surface area contributed by atoms with E-state index in [-0.39, 0.29) is 6.10 Å². The molecule has 2 nitrogen and oxygen atoms in total. The summed E-state index contributed by atoms with van der Waals surface area (Å²) in [4.78, 5) is 4.61. The molecule has 24 heavy (non-hydrogen) atoms. The van der Waals surface area contributed by atoms with Crippen molar-refractivity contribution < 1.29 is 5.11 Å². The van der Waals surface area contributed by atoms with E-state index in [2.05, 4.69) is 24.0 Å². The van der Waals surface area contributed by atoms with Gasteiger partial charge in [-0.15, -0.1) is 0 Å². The van der Waals surface area contributed by atoms with Gasteiger partial charge in [0.1, 0.15) is 0 Å². The molecule has 1 atom stereocenters. The standard InChI is InChI=1S/C22H31NO/c1-3-5-6-7-8-9-10-18-11-16-21(23-17-18)19-12-14-20(15-13-19)22(24)4-2/h11-17,22,24H,3-10H2,1-2H3. The predicted octanol–water partition coefficient (Wildman–Crippen LogP) is 6.10. The van der Waals surface area contributed by atoms with Crippen LogP contribution in [0.3, 0.4) is 0 Å². The fraction of sp³-hybridized carbons (Fsp3) is 0.500. The van der Waals surface area contributed by atoms with Gasteiger partial charge in [-0.1, -0.05) is 76.3 Å². The highest BCUT2D eigenvalue weighted by molar-refractivity contribution is 5.59. The van der Waals surface area contributed by atoms with Crippen LogP contribution in [0.4, 0.5) is 0 Å². The Morgan fingerprint density at radius 2 is 1.58 bits per heavy atom. The summed E-state index contributed by atoms with van der Waals surface area (Å²) >= 11 is 0. The third kappa shape index (κ3) is 5.76. The second kappa shape index (κ2) is 10.2. The minimum Gasteiger partial charge on any atom is -0.388 e. The lowest BCUT2D eigenvalue weighted by Crippen LogP contribution is -1.95. The van der Waals surface area contributed by atoms with Crippen LogP contribution in [0.5, 0.6) is 0 Å². The highest BCUT2D eigenvalue weighted by Crippen LogP contribution is 2.22. The SMILES string of the molecule is CCCCCCCCc1ccc(-c2ccc(C(O)CC)cc2)nc1. The summed E-state index contributed by atoms with van der Waals surface area (Å²) in [5.41, 5.74) is 4.40. The first-order valence-electron chi connectivity index (χ1n) is 9.48. The van der Waals surface area contributed by atoms with Crippen LogP contribution in [0, 0.1) is 0 Å². The summed E-state index contributed by atoms with van der Waals surface area (Å²) in [6.45, 7) is 4.25.